The molecule has 0 amide bonds. The third-order valence-electron chi connectivity index (χ3n) is 5.16. The van der Waals surface area contributed by atoms with Crippen LogP contribution in [0.4, 0.5) is 0 Å². The Bertz CT molecular complexity index is 1310. The van der Waals surface area contributed by atoms with Gasteiger partial charge in [-0.2, -0.15) is 0 Å². The van der Waals surface area contributed by atoms with E-state index in [0.29, 0.717) is 11.3 Å². The fourth-order valence-corrected chi connectivity index (χ4v) is 3.71. The van der Waals surface area contributed by atoms with Crippen molar-refractivity contribution in [3.05, 3.63) is 108 Å². The van der Waals surface area contributed by atoms with Gasteiger partial charge in [-0.25, -0.2) is 0 Å². The molecule has 0 unspecified atom stereocenters. The van der Waals surface area contributed by atoms with Crippen molar-refractivity contribution in [3.8, 4) is 11.1 Å². The molecule has 1 heterocycles. The summed E-state index contributed by atoms with van der Waals surface area (Å²) in [6.07, 6.45) is 0. The second-order valence-corrected chi connectivity index (χ2v) is 7.03. The second-order valence-electron chi connectivity index (χ2n) is 7.03. The molecule has 0 N–H and O–H groups in total. The first-order chi connectivity index (χ1) is 13.7. The second kappa shape index (κ2) is 6.50. The smallest absolute Gasteiger partial charge is 0.228 e. The first kappa shape index (κ1) is 16.5. The Kier molecular flexibility index (Phi) is 3.84. The van der Waals surface area contributed by atoms with Crippen molar-refractivity contribution in [1.29, 1.82) is 0 Å². The normalized spacial score (nSPS) is 11.2. The molecule has 2 heteroatoms. The minimum absolute atomic E-state index is 0.0980. The lowest BCUT2D eigenvalue weighted by Gasteiger charge is -2.04. The van der Waals surface area contributed by atoms with Crippen molar-refractivity contribution in [2.75, 3.05) is 0 Å². The van der Waals surface area contributed by atoms with Gasteiger partial charge in [-0.15, -0.1) is 0 Å². The third-order valence-corrected chi connectivity index (χ3v) is 5.16. The Morgan fingerprint density at radius 1 is 0.714 bits per heavy atom. The third kappa shape index (κ3) is 2.62. The average Bonchev–Trinajstić information content (AvgIpc) is 3.14. The van der Waals surface area contributed by atoms with Crippen LogP contribution >= 0.6 is 0 Å². The fraction of sp³-hybridized carbons (Fsp3) is 0.0385. The molecule has 4 aromatic carbocycles. The van der Waals surface area contributed by atoms with Crippen LogP contribution in [0.1, 0.15) is 21.7 Å². The molecule has 0 spiro atoms. The lowest BCUT2D eigenvalue weighted by atomic mass is 9.96. The summed E-state index contributed by atoms with van der Waals surface area (Å²) >= 11 is 0. The van der Waals surface area contributed by atoms with Crippen LogP contribution in [0.2, 0.25) is 0 Å². The fourth-order valence-electron chi connectivity index (χ4n) is 3.71. The van der Waals surface area contributed by atoms with Gasteiger partial charge in [-0.3, -0.25) is 4.79 Å². The predicted molar refractivity (Wildman–Crippen MR) is 114 cm³/mol. The van der Waals surface area contributed by atoms with E-state index >= 15 is 0 Å². The molecule has 28 heavy (non-hydrogen) atoms. The number of aryl methyl sites for hydroxylation is 1. The largest absolute Gasteiger partial charge is 0.451 e. The molecular weight excluding hydrogens is 344 g/mol. The molecule has 134 valence electrons. The Hall–Kier alpha value is -3.65. The highest BCUT2D eigenvalue weighted by molar-refractivity contribution is 6.19. The molecule has 5 aromatic rings. The SMILES string of the molecule is Cc1ccc(C(=O)c2oc3c(ccc4ccccc43)c2-c2ccccc2)cc1. The van der Waals surface area contributed by atoms with Gasteiger partial charge in [0.05, 0.1) is 0 Å². The number of carbonyl (C=O) groups excluding carboxylic acids is 1. The highest BCUT2D eigenvalue weighted by Gasteiger charge is 2.24. The van der Waals surface area contributed by atoms with Gasteiger partial charge in [0.15, 0.2) is 5.76 Å². The molecule has 0 aliphatic heterocycles. The van der Waals surface area contributed by atoms with Crippen molar-refractivity contribution >= 4 is 27.5 Å². The number of hydrogen-bond donors (Lipinski definition) is 0. The summed E-state index contributed by atoms with van der Waals surface area (Å²) in [5, 5.41) is 3.07. The Morgan fingerprint density at radius 3 is 2.21 bits per heavy atom. The monoisotopic (exact) mass is 362 g/mol. The summed E-state index contributed by atoms with van der Waals surface area (Å²) in [6, 6.07) is 29.8. The Morgan fingerprint density at radius 2 is 1.43 bits per heavy atom. The van der Waals surface area contributed by atoms with Crippen molar-refractivity contribution in [2.45, 2.75) is 6.92 Å². The van der Waals surface area contributed by atoms with Gasteiger partial charge >= 0.3 is 0 Å². The van der Waals surface area contributed by atoms with Crippen LogP contribution in [0.15, 0.2) is 95.4 Å². The first-order valence-corrected chi connectivity index (χ1v) is 9.33. The highest BCUT2D eigenvalue weighted by Crippen LogP contribution is 2.39. The quantitative estimate of drug-likeness (QED) is 0.331. The van der Waals surface area contributed by atoms with E-state index in [0.717, 1.165) is 38.4 Å². The van der Waals surface area contributed by atoms with Crippen molar-refractivity contribution in [1.82, 2.24) is 0 Å². The Balaban J connectivity index is 1.83. The van der Waals surface area contributed by atoms with E-state index in [-0.39, 0.29) is 5.78 Å². The lowest BCUT2D eigenvalue weighted by molar-refractivity contribution is 0.101. The molecule has 0 saturated carbocycles. The van der Waals surface area contributed by atoms with E-state index in [1.807, 2.05) is 79.7 Å². The molecule has 0 bridgehead atoms. The molecule has 5 rings (SSSR count). The molecule has 0 fully saturated rings. The van der Waals surface area contributed by atoms with Gasteiger partial charge in [-0.05, 0) is 23.9 Å². The zero-order valence-electron chi connectivity index (χ0n) is 15.5. The molecule has 1 aromatic heterocycles. The van der Waals surface area contributed by atoms with Gasteiger partial charge < -0.3 is 4.42 Å². The van der Waals surface area contributed by atoms with E-state index in [4.69, 9.17) is 4.42 Å². The number of carbonyl (C=O) groups is 1. The Labute approximate surface area is 163 Å². The van der Waals surface area contributed by atoms with Crippen LogP contribution in [0.25, 0.3) is 32.9 Å². The van der Waals surface area contributed by atoms with Crippen LogP contribution in [0.3, 0.4) is 0 Å². The van der Waals surface area contributed by atoms with Gasteiger partial charge in [0.1, 0.15) is 5.58 Å². The number of benzene rings is 4. The summed E-state index contributed by atoms with van der Waals surface area (Å²) in [5.41, 5.74) is 4.34. The van der Waals surface area contributed by atoms with E-state index < -0.39 is 0 Å². The van der Waals surface area contributed by atoms with Gasteiger partial charge in [-0.1, -0.05) is 90.5 Å². The summed E-state index contributed by atoms with van der Waals surface area (Å²) < 4.78 is 6.26. The van der Waals surface area contributed by atoms with Gasteiger partial charge in [0, 0.05) is 21.9 Å². The summed E-state index contributed by atoms with van der Waals surface area (Å²) in [4.78, 5) is 13.4. The van der Waals surface area contributed by atoms with E-state index in [1.165, 1.54) is 0 Å². The minimum atomic E-state index is -0.0980. The summed E-state index contributed by atoms with van der Waals surface area (Å²) in [6.45, 7) is 2.01. The zero-order valence-corrected chi connectivity index (χ0v) is 15.5. The minimum Gasteiger partial charge on any atom is -0.451 e. The topological polar surface area (TPSA) is 30.2 Å². The van der Waals surface area contributed by atoms with Crippen LogP contribution in [0.5, 0.6) is 0 Å². The van der Waals surface area contributed by atoms with E-state index in [1.54, 1.807) is 0 Å². The maximum Gasteiger partial charge on any atom is 0.228 e. The molecule has 0 saturated heterocycles. The summed E-state index contributed by atoms with van der Waals surface area (Å²) in [7, 11) is 0. The maximum absolute atomic E-state index is 13.4. The number of rotatable bonds is 3. The van der Waals surface area contributed by atoms with Crippen LogP contribution < -0.4 is 0 Å². The molecule has 0 radical (unpaired) electrons. The van der Waals surface area contributed by atoms with Crippen molar-refractivity contribution in [3.63, 3.8) is 0 Å². The first-order valence-electron chi connectivity index (χ1n) is 9.33. The predicted octanol–water partition coefficient (Wildman–Crippen LogP) is 6.79. The number of fused-ring (bicyclic) bond motifs is 3. The molecule has 0 aliphatic carbocycles. The van der Waals surface area contributed by atoms with Crippen molar-refractivity contribution < 1.29 is 9.21 Å². The number of furan rings is 1. The van der Waals surface area contributed by atoms with E-state index in [9.17, 15) is 4.79 Å². The van der Waals surface area contributed by atoms with E-state index in [2.05, 4.69) is 18.2 Å². The molecule has 2 nitrogen and oxygen atoms in total. The standard InChI is InChI=1S/C26H18O2/c1-17-11-13-20(14-12-17)24(27)26-23(19-8-3-2-4-9-19)22-16-15-18-7-5-6-10-21(18)25(22)28-26/h2-16H,1H3. The molecular formula is C26H18O2. The number of hydrogen-bond acceptors (Lipinski definition) is 2. The highest BCUT2D eigenvalue weighted by atomic mass is 16.3. The average molecular weight is 362 g/mol. The van der Waals surface area contributed by atoms with Crippen LogP contribution in [0, 0.1) is 6.92 Å². The molecule has 0 atom stereocenters. The van der Waals surface area contributed by atoms with Crippen molar-refractivity contribution in [2.24, 2.45) is 0 Å². The van der Waals surface area contributed by atoms with Gasteiger partial charge in [0.2, 0.25) is 5.78 Å². The van der Waals surface area contributed by atoms with Gasteiger partial charge in [0.25, 0.3) is 0 Å². The maximum atomic E-state index is 13.4. The zero-order chi connectivity index (χ0) is 19.1. The molecule has 0 aliphatic rings. The lowest BCUT2D eigenvalue weighted by Crippen LogP contribution is -2.01. The van der Waals surface area contributed by atoms with Crippen LogP contribution in [-0.2, 0) is 0 Å². The van der Waals surface area contributed by atoms with Crippen LogP contribution in [-0.4, -0.2) is 5.78 Å². The summed E-state index contributed by atoms with van der Waals surface area (Å²) in [5.74, 6) is 0.292. The number of ketones is 1.